The van der Waals surface area contributed by atoms with E-state index in [1.807, 2.05) is 51.1 Å². The number of benzene rings is 2. The third kappa shape index (κ3) is 5.31. The molecule has 2 aromatic heterocycles. The number of aryl methyl sites for hydroxylation is 2. The summed E-state index contributed by atoms with van der Waals surface area (Å²) in [4.78, 5) is 14.4. The first-order valence-electron chi connectivity index (χ1n) is 12.3. The number of rotatable bonds is 7. The summed E-state index contributed by atoms with van der Waals surface area (Å²) in [7, 11) is 0. The molecule has 36 heavy (non-hydrogen) atoms. The Morgan fingerprint density at radius 1 is 1.08 bits per heavy atom. The lowest BCUT2D eigenvalue weighted by Crippen LogP contribution is -2.48. The molecular formula is C27H31ClN6O2. The number of hydrogen-bond donors (Lipinski definition) is 2. The fourth-order valence-corrected chi connectivity index (χ4v) is 4.99. The summed E-state index contributed by atoms with van der Waals surface area (Å²) in [5.41, 5.74) is 4.82. The lowest BCUT2D eigenvalue weighted by Gasteiger charge is -2.35. The van der Waals surface area contributed by atoms with E-state index in [1.165, 1.54) is 0 Å². The number of nitrogens with one attached hydrogen (secondary N) is 1. The van der Waals surface area contributed by atoms with Crippen molar-refractivity contribution < 1.29 is 9.63 Å². The summed E-state index contributed by atoms with van der Waals surface area (Å²) in [5, 5.41) is 19.0. The predicted octanol–water partition coefficient (Wildman–Crippen LogP) is 4.67. The van der Waals surface area contributed by atoms with Gasteiger partial charge in [0.05, 0.1) is 17.3 Å². The van der Waals surface area contributed by atoms with Gasteiger partial charge in [-0.1, -0.05) is 35.0 Å². The molecule has 8 nitrogen and oxygen atoms in total. The van der Waals surface area contributed by atoms with Crippen molar-refractivity contribution in [2.45, 2.75) is 33.4 Å². The third-order valence-corrected chi connectivity index (χ3v) is 6.77. The average molecular weight is 507 g/mol. The van der Waals surface area contributed by atoms with Crippen LogP contribution in [0, 0.1) is 13.8 Å². The molecule has 2 N–H and O–H groups in total. The van der Waals surface area contributed by atoms with Crippen LogP contribution in [0.4, 0.5) is 11.8 Å². The van der Waals surface area contributed by atoms with E-state index in [1.54, 1.807) is 0 Å². The van der Waals surface area contributed by atoms with Gasteiger partial charge in [-0.25, -0.2) is 4.98 Å². The minimum atomic E-state index is -0.331. The lowest BCUT2D eigenvalue weighted by atomic mass is 10.0. The maximum Gasteiger partial charge on any atom is 0.227 e. The van der Waals surface area contributed by atoms with Crippen molar-refractivity contribution in [2.24, 2.45) is 0 Å². The van der Waals surface area contributed by atoms with E-state index in [0.29, 0.717) is 24.1 Å². The van der Waals surface area contributed by atoms with Crippen LogP contribution in [0.2, 0.25) is 5.02 Å². The van der Waals surface area contributed by atoms with Gasteiger partial charge >= 0.3 is 0 Å². The number of aromatic nitrogens is 3. The Morgan fingerprint density at radius 3 is 2.58 bits per heavy atom. The molecule has 1 unspecified atom stereocenters. The molecular weight excluding hydrogens is 476 g/mol. The standard InChI is InChI=1S/C27H31ClN6O2/c1-17(35)16-33-9-11-34(12-10-33)27-30-24-8-7-21(25-18(2)32-36-19(25)3)14-23(24)26(31-27)29-15-20-5-4-6-22(28)13-20/h4-8,13-14,17,35H,9-12,15-16H2,1-3H3,(H,29,30,31). The fraction of sp³-hybridized carbons (Fsp3) is 0.370. The summed E-state index contributed by atoms with van der Waals surface area (Å²) in [6.07, 6.45) is -0.331. The molecule has 1 saturated heterocycles. The second-order valence-corrected chi connectivity index (χ2v) is 9.86. The highest BCUT2D eigenvalue weighted by Crippen LogP contribution is 2.32. The summed E-state index contributed by atoms with van der Waals surface area (Å²) in [6.45, 7) is 10.3. The van der Waals surface area contributed by atoms with E-state index in [9.17, 15) is 5.11 Å². The van der Waals surface area contributed by atoms with Gasteiger partial charge in [-0.3, -0.25) is 4.90 Å². The van der Waals surface area contributed by atoms with Crippen LogP contribution in [0.5, 0.6) is 0 Å². The quantitative estimate of drug-likeness (QED) is 0.373. The van der Waals surface area contributed by atoms with Crippen LogP contribution in [0.15, 0.2) is 47.0 Å². The van der Waals surface area contributed by atoms with Crippen LogP contribution in [-0.4, -0.2) is 64.0 Å². The molecule has 0 radical (unpaired) electrons. The summed E-state index contributed by atoms with van der Waals surface area (Å²) in [5.74, 6) is 2.26. The molecule has 0 amide bonds. The minimum absolute atomic E-state index is 0.331. The molecule has 1 aliphatic heterocycles. The zero-order valence-electron chi connectivity index (χ0n) is 20.8. The number of halogens is 1. The molecule has 0 bridgehead atoms. The van der Waals surface area contributed by atoms with Gasteiger partial charge in [0.2, 0.25) is 5.95 Å². The maximum absolute atomic E-state index is 9.73. The number of anilines is 2. The topological polar surface area (TPSA) is 90.6 Å². The minimum Gasteiger partial charge on any atom is -0.392 e. The normalized spacial score (nSPS) is 15.4. The number of fused-ring (bicyclic) bond motifs is 1. The van der Waals surface area contributed by atoms with Crippen molar-refractivity contribution in [3.05, 3.63) is 64.5 Å². The lowest BCUT2D eigenvalue weighted by molar-refractivity contribution is 0.122. The first-order chi connectivity index (χ1) is 17.4. The highest BCUT2D eigenvalue weighted by Gasteiger charge is 2.22. The highest BCUT2D eigenvalue weighted by atomic mass is 35.5. The highest BCUT2D eigenvalue weighted by molar-refractivity contribution is 6.30. The average Bonchev–Trinajstić information content (AvgIpc) is 3.20. The van der Waals surface area contributed by atoms with Gasteiger partial charge < -0.3 is 19.8 Å². The van der Waals surface area contributed by atoms with Gasteiger partial charge in [0.15, 0.2) is 0 Å². The molecule has 3 heterocycles. The van der Waals surface area contributed by atoms with E-state index in [0.717, 1.165) is 71.0 Å². The molecule has 1 aliphatic rings. The Kier molecular flexibility index (Phi) is 7.09. The number of piperazine rings is 1. The number of aliphatic hydroxyl groups is 1. The van der Waals surface area contributed by atoms with Crippen LogP contribution in [0.3, 0.4) is 0 Å². The van der Waals surface area contributed by atoms with Gasteiger partial charge in [-0.05, 0) is 56.2 Å². The Balaban J connectivity index is 1.49. The Hall–Kier alpha value is -3.20. The van der Waals surface area contributed by atoms with E-state index in [2.05, 4.69) is 32.4 Å². The van der Waals surface area contributed by atoms with E-state index >= 15 is 0 Å². The fourth-order valence-electron chi connectivity index (χ4n) is 4.78. The molecule has 4 aromatic rings. The molecule has 1 atom stereocenters. The predicted molar refractivity (Wildman–Crippen MR) is 144 cm³/mol. The van der Waals surface area contributed by atoms with Gasteiger partial charge in [-0.2, -0.15) is 4.98 Å². The van der Waals surface area contributed by atoms with Crippen LogP contribution >= 0.6 is 11.6 Å². The summed E-state index contributed by atoms with van der Waals surface area (Å²) < 4.78 is 5.40. The zero-order valence-corrected chi connectivity index (χ0v) is 21.6. The molecule has 9 heteroatoms. The second-order valence-electron chi connectivity index (χ2n) is 9.42. The Labute approximate surface area is 215 Å². The first-order valence-corrected chi connectivity index (χ1v) is 12.6. The first kappa shape index (κ1) is 24.5. The number of β-amino-alcohol motifs (C(OH)–C–C–N with tert-alkyl or cyclic N) is 1. The Bertz CT molecular complexity index is 1340. The number of hydrogen-bond acceptors (Lipinski definition) is 8. The summed E-state index contributed by atoms with van der Waals surface area (Å²) in [6, 6.07) is 14.0. The Morgan fingerprint density at radius 2 is 1.89 bits per heavy atom. The molecule has 2 aromatic carbocycles. The second kappa shape index (κ2) is 10.4. The van der Waals surface area contributed by atoms with Crippen LogP contribution < -0.4 is 10.2 Å². The van der Waals surface area contributed by atoms with Gasteiger partial charge in [0.1, 0.15) is 11.6 Å². The molecule has 188 valence electrons. The smallest absolute Gasteiger partial charge is 0.227 e. The van der Waals surface area contributed by atoms with E-state index in [-0.39, 0.29) is 6.10 Å². The van der Waals surface area contributed by atoms with Crippen molar-refractivity contribution >= 4 is 34.3 Å². The number of aliphatic hydroxyl groups excluding tert-OH is 1. The van der Waals surface area contributed by atoms with Crippen molar-refractivity contribution in [3.8, 4) is 11.1 Å². The maximum atomic E-state index is 9.73. The largest absolute Gasteiger partial charge is 0.392 e. The van der Waals surface area contributed by atoms with E-state index in [4.69, 9.17) is 26.1 Å². The molecule has 0 saturated carbocycles. The molecule has 5 rings (SSSR count). The number of nitrogens with zero attached hydrogens (tertiary/aromatic N) is 5. The van der Waals surface area contributed by atoms with Crippen molar-refractivity contribution in [3.63, 3.8) is 0 Å². The molecule has 0 spiro atoms. The van der Waals surface area contributed by atoms with Gasteiger partial charge in [0.25, 0.3) is 0 Å². The van der Waals surface area contributed by atoms with Crippen molar-refractivity contribution in [1.29, 1.82) is 0 Å². The zero-order chi connectivity index (χ0) is 25.2. The van der Waals surface area contributed by atoms with Crippen LogP contribution in [0.1, 0.15) is 23.9 Å². The monoisotopic (exact) mass is 506 g/mol. The van der Waals surface area contributed by atoms with E-state index < -0.39 is 0 Å². The molecule has 1 fully saturated rings. The van der Waals surface area contributed by atoms with Crippen molar-refractivity contribution in [1.82, 2.24) is 20.0 Å². The molecule has 0 aliphatic carbocycles. The van der Waals surface area contributed by atoms with Gasteiger partial charge in [0, 0.05) is 55.2 Å². The third-order valence-electron chi connectivity index (χ3n) is 6.53. The van der Waals surface area contributed by atoms with Gasteiger partial charge in [-0.15, -0.1) is 0 Å². The van der Waals surface area contributed by atoms with Crippen LogP contribution in [0.25, 0.3) is 22.0 Å². The van der Waals surface area contributed by atoms with Crippen molar-refractivity contribution in [2.75, 3.05) is 42.9 Å². The van der Waals surface area contributed by atoms with Crippen LogP contribution in [-0.2, 0) is 6.54 Å². The summed E-state index contributed by atoms with van der Waals surface area (Å²) >= 11 is 6.20. The SMILES string of the molecule is Cc1noc(C)c1-c1ccc2nc(N3CCN(CC(C)O)CC3)nc(NCc3cccc(Cl)c3)c2c1.